The number of rotatable bonds is 23. The van der Waals surface area contributed by atoms with Gasteiger partial charge in [-0.15, -0.1) is 0 Å². The van der Waals surface area contributed by atoms with Gasteiger partial charge in [0.15, 0.2) is 0 Å². The Kier molecular flexibility index (Phi) is 24.4. The molecule has 0 radical (unpaired) electrons. The van der Waals surface area contributed by atoms with Crippen molar-refractivity contribution in [3.05, 3.63) is 60.8 Å². The van der Waals surface area contributed by atoms with Crippen molar-refractivity contribution < 1.29 is 19.8 Å². The molecule has 0 saturated carbocycles. The van der Waals surface area contributed by atoms with Gasteiger partial charge in [0.2, 0.25) is 11.8 Å². The number of amides is 2. The number of hydrogen-bond acceptors (Lipinski definition) is 6. The first-order chi connectivity index (χ1) is 18.3. The second-order valence-corrected chi connectivity index (χ2v) is 12.6. The number of unbranched alkanes of at least 4 members (excludes halogenated alkanes) is 1. The van der Waals surface area contributed by atoms with Crippen molar-refractivity contribution in [3.63, 3.8) is 0 Å². The van der Waals surface area contributed by atoms with Gasteiger partial charge in [0.05, 0.1) is 12.7 Å². The third kappa shape index (κ3) is 25.9. The Balaban J connectivity index is 3.71. The van der Waals surface area contributed by atoms with E-state index in [1.807, 2.05) is 13.8 Å². The van der Waals surface area contributed by atoms with Crippen LogP contribution in [0.1, 0.15) is 78.6 Å². The number of allylic oxidation sites excluding steroid dienone is 10. The van der Waals surface area contributed by atoms with Gasteiger partial charge in [0, 0.05) is 36.4 Å². The van der Waals surface area contributed by atoms with Gasteiger partial charge in [-0.25, -0.2) is 0 Å². The second-order valence-electron chi connectivity index (χ2n) is 9.43. The molecule has 1 atom stereocenters. The van der Waals surface area contributed by atoms with Crippen molar-refractivity contribution in [1.29, 1.82) is 0 Å². The molecule has 216 valence electrons. The largest absolute Gasteiger partial charge is 0.394 e. The van der Waals surface area contributed by atoms with Gasteiger partial charge in [-0.3, -0.25) is 9.59 Å². The van der Waals surface area contributed by atoms with Crippen LogP contribution < -0.4 is 10.6 Å². The second kappa shape index (κ2) is 25.5. The summed E-state index contributed by atoms with van der Waals surface area (Å²) in [5.74, 6) is 0.680. The normalized spacial score (nSPS) is 13.5. The Hall–Kier alpha value is -1.74. The van der Waals surface area contributed by atoms with Gasteiger partial charge >= 0.3 is 0 Å². The van der Waals surface area contributed by atoms with E-state index in [2.05, 4.69) is 78.3 Å². The summed E-state index contributed by atoms with van der Waals surface area (Å²) in [6.45, 7) is 6.40. The Morgan fingerprint density at radius 3 is 1.95 bits per heavy atom. The maximum Gasteiger partial charge on any atom is 0.221 e. The smallest absolute Gasteiger partial charge is 0.221 e. The van der Waals surface area contributed by atoms with Crippen molar-refractivity contribution in [1.82, 2.24) is 10.6 Å². The van der Waals surface area contributed by atoms with Crippen LogP contribution in [-0.2, 0) is 9.59 Å². The SMILES string of the molecule is CC/C=C\C/C=C\C/C=C\C/C=C\C/C=C\CCCC(=O)NCCSSC(C)(C)CC(=O)NCC(O)CO. The molecule has 6 nitrogen and oxygen atoms in total. The van der Waals surface area contributed by atoms with Gasteiger partial charge in [0.25, 0.3) is 0 Å². The molecule has 0 bridgehead atoms. The highest BCUT2D eigenvalue weighted by Gasteiger charge is 2.23. The molecular formula is C30H50N2O4S2. The first-order valence-electron chi connectivity index (χ1n) is 13.7. The Bertz CT molecular complexity index is 761. The van der Waals surface area contributed by atoms with E-state index in [1.165, 1.54) is 0 Å². The third-order valence-electron chi connectivity index (χ3n) is 5.06. The highest BCUT2D eigenvalue weighted by Crippen LogP contribution is 2.37. The number of hydrogen-bond donors (Lipinski definition) is 4. The molecule has 8 heteroatoms. The van der Waals surface area contributed by atoms with Crippen molar-refractivity contribution in [2.24, 2.45) is 0 Å². The molecular weight excluding hydrogens is 516 g/mol. The molecule has 4 N–H and O–H groups in total. The van der Waals surface area contributed by atoms with Crippen molar-refractivity contribution in [2.45, 2.75) is 89.4 Å². The van der Waals surface area contributed by atoms with Gasteiger partial charge in [-0.2, -0.15) is 0 Å². The van der Waals surface area contributed by atoms with Gasteiger partial charge in [0.1, 0.15) is 0 Å². The summed E-state index contributed by atoms with van der Waals surface area (Å²) in [5.41, 5.74) is 0. The summed E-state index contributed by atoms with van der Waals surface area (Å²) in [4.78, 5) is 23.9. The number of aliphatic hydroxyl groups is 2. The minimum absolute atomic E-state index is 0.0519. The Morgan fingerprint density at radius 1 is 0.842 bits per heavy atom. The Labute approximate surface area is 239 Å². The molecule has 0 aliphatic carbocycles. The van der Waals surface area contributed by atoms with Crippen LogP contribution in [0, 0.1) is 0 Å². The summed E-state index contributed by atoms with van der Waals surface area (Å²) in [5, 5.41) is 23.7. The average Bonchev–Trinajstić information content (AvgIpc) is 2.88. The minimum atomic E-state index is -0.931. The predicted molar refractivity (Wildman–Crippen MR) is 166 cm³/mol. The number of carbonyl (C=O) groups is 2. The fourth-order valence-electron chi connectivity index (χ4n) is 3.05. The zero-order valence-electron chi connectivity index (χ0n) is 23.6. The number of aliphatic hydroxyl groups excluding tert-OH is 2. The third-order valence-corrected chi connectivity index (χ3v) is 8.35. The molecule has 0 aliphatic heterocycles. The zero-order valence-corrected chi connectivity index (χ0v) is 25.2. The van der Waals surface area contributed by atoms with E-state index in [9.17, 15) is 14.7 Å². The first kappa shape index (κ1) is 36.3. The monoisotopic (exact) mass is 566 g/mol. The molecule has 38 heavy (non-hydrogen) atoms. The molecule has 1 unspecified atom stereocenters. The van der Waals surface area contributed by atoms with E-state index < -0.39 is 6.10 Å². The molecule has 0 saturated heterocycles. The molecule has 0 spiro atoms. The standard InChI is InChI=1S/C30H50N2O4S2/c1-4-5-6-7-8-9-10-11-12-13-14-15-16-17-18-19-20-21-28(35)31-22-23-37-38-30(2,3)24-29(36)32-25-27(34)26-33/h5-6,8-9,11-12,14-15,17-18,27,33-34H,4,7,10,13,16,19-26H2,1-3H3,(H,31,35)(H,32,36)/b6-5-,9-8-,12-11-,15-14-,18-17-. The molecule has 0 aliphatic rings. The summed E-state index contributed by atoms with van der Waals surface area (Å²) >= 11 is 0. The van der Waals surface area contributed by atoms with Crippen LogP contribution in [-0.4, -0.2) is 58.3 Å². The van der Waals surface area contributed by atoms with Crippen molar-refractivity contribution in [3.8, 4) is 0 Å². The van der Waals surface area contributed by atoms with Crippen molar-refractivity contribution in [2.75, 3.05) is 25.4 Å². The maximum absolute atomic E-state index is 12.0. The van der Waals surface area contributed by atoms with E-state index in [1.54, 1.807) is 21.6 Å². The lowest BCUT2D eigenvalue weighted by Crippen LogP contribution is -2.36. The summed E-state index contributed by atoms with van der Waals surface area (Å²) < 4.78 is -0.274. The quantitative estimate of drug-likeness (QED) is 0.0683. The summed E-state index contributed by atoms with van der Waals surface area (Å²) in [7, 11) is 3.24. The van der Waals surface area contributed by atoms with E-state index in [4.69, 9.17) is 5.11 Å². The van der Waals surface area contributed by atoms with Gasteiger partial charge in [-0.1, -0.05) is 89.3 Å². The van der Waals surface area contributed by atoms with E-state index in [0.717, 1.165) is 50.7 Å². The first-order valence-corrected chi connectivity index (χ1v) is 16.0. The van der Waals surface area contributed by atoms with E-state index in [0.29, 0.717) is 19.4 Å². The van der Waals surface area contributed by atoms with Gasteiger partial charge in [-0.05, 0) is 58.8 Å². The molecule has 0 aromatic rings. The van der Waals surface area contributed by atoms with Gasteiger partial charge < -0.3 is 20.8 Å². The van der Waals surface area contributed by atoms with E-state index >= 15 is 0 Å². The number of nitrogens with one attached hydrogen (secondary N) is 2. The fourth-order valence-corrected chi connectivity index (χ4v) is 5.46. The lowest BCUT2D eigenvalue weighted by Gasteiger charge is -2.22. The van der Waals surface area contributed by atoms with Crippen LogP contribution in [0.25, 0.3) is 0 Å². The lowest BCUT2D eigenvalue weighted by molar-refractivity contribution is -0.122. The number of carbonyl (C=O) groups excluding carboxylic acids is 2. The van der Waals surface area contributed by atoms with Crippen LogP contribution in [0.3, 0.4) is 0 Å². The van der Waals surface area contributed by atoms with E-state index in [-0.39, 0.29) is 29.7 Å². The molecule has 0 aromatic heterocycles. The summed E-state index contributed by atoms with van der Waals surface area (Å²) in [6, 6.07) is 0. The van der Waals surface area contributed by atoms with Crippen LogP contribution >= 0.6 is 21.6 Å². The fraction of sp³-hybridized carbons (Fsp3) is 0.600. The van der Waals surface area contributed by atoms with Crippen LogP contribution in [0.4, 0.5) is 0 Å². The summed E-state index contributed by atoms with van der Waals surface area (Å²) in [6.07, 6.45) is 28.4. The zero-order chi connectivity index (χ0) is 28.3. The van der Waals surface area contributed by atoms with Crippen molar-refractivity contribution >= 4 is 33.4 Å². The molecule has 0 fully saturated rings. The lowest BCUT2D eigenvalue weighted by atomic mass is 10.1. The molecule has 0 aromatic carbocycles. The van der Waals surface area contributed by atoms with Crippen LogP contribution in [0.2, 0.25) is 0 Å². The highest BCUT2D eigenvalue weighted by molar-refractivity contribution is 8.77. The van der Waals surface area contributed by atoms with Crippen LogP contribution in [0.5, 0.6) is 0 Å². The highest BCUT2D eigenvalue weighted by atomic mass is 33.1. The predicted octanol–water partition coefficient (Wildman–Crippen LogP) is 6.04. The molecule has 0 heterocycles. The minimum Gasteiger partial charge on any atom is -0.394 e. The Morgan fingerprint density at radius 2 is 1.39 bits per heavy atom. The average molecular weight is 567 g/mol. The van der Waals surface area contributed by atoms with Crippen LogP contribution in [0.15, 0.2) is 60.8 Å². The molecule has 2 amide bonds. The molecule has 0 rings (SSSR count). The maximum atomic E-state index is 12.0. The topological polar surface area (TPSA) is 98.7 Å².